The SMILES string of the molecule is C[C-]1CCOC2(CCN(C)CC2)O1.[Lr]. The van der Waals surface area contributed by atoms with Crippen molar-refractivity contribution in [3.05, 3.63) is 6.10 Å². The summed E-state index contributed by atoms with van der Waals surface area (Å²) in [4.78, 5) is 2.32. The van der Waals surface area contributed by atoms with Crippen molar-refractivity contribution >= 4 is 0 Å². The molecule has 3 nitrogen and oxygen atoms in total. The van der Waals surface area contributed by atoms with E-state index in [9.17, 15) is 0 Å². The Morgan fingerprint density at radius 2 is 1.93 bits per heavy atom. The molecule has 0 N–H and O–H groups in total. The van der Waals surface area contributed by atoms with Crippen LogP contribution in [-0.2, 0) is 9.47 Å². The van der Waals surface area contributed by atoms with E-state index in [0.717, 1.165) is 45.1 Å². The number of hydrogen-bond acceptors (Lipinski definition) is 3. The first kappa shape index (κ1) is 11.0. The van der Waals surface area contributed by atoms with E-state index < -0.39 is 0 Å². The number of rotatable bonds is 0. The van der Waals surface area contributed by atoms with E-state index >= 15 is 0 Å². The molecule has 2 heterocycles. The molecule has 0 saturated carbocycles. The molecule has 0 unspecified atom stereocenters. The van der Waals surface area contributed by atoms with Gasteiger partial charge in [-0.3, -0.25) is 0 Å². The first-order chi connectivity index (χ1) is 6.20. The maximum atomic E-state index is 5.83. The molecule has 2 aliphatic heterocycles. The van der Waals surface area contributed by atoms with E-state index in [2.05, 4.69) is 18.9 Å². The summed E-state index contributed by atoms with van der Waals surface area (Å²) in [7, 11) is 2.15. The van der Waals surface area contributed by atoms with Gasteiger partial charge >= 0.3 is 0 Å². The number of ether oxygens (including phenoxy) is 2. The molecule has 1 radical (unpaired) electrons. The number of piperidine rings is 1. The largest absolute Gasteiger partial charge is 0.524 e. The molecule has 91 valence electrons. The Balaban J connectivity index is 0.000000980. The summed E-state index contributed by atoms with van der Waals surface area (Å²) < 4.78 is 11.6. The van der Waals surface area contributed by atoms with Crippen LogP contribution in [0.5, 0.6) is 0 Å². The molecule has 2 saturated heterocycles. The van der Waals surface area contributed by atoms with Crippen LogP contribution in [0.15, 0.2) is 0 Å². The minimum absolute atomic E-state index is 0. The van der Waals surface area contributed by atoms with Crippen LogP contribution in [0.3, 0.4) is 0 Å². The molecule has 0 aromatic heterocycles. The standard InChI is InChI=1S/C10H18NO2.Lr/c1-9-3-8-12-10(13-9)4-6-11(2)7-5-10;/h3-8H2,1-2H3;/q-1;. The van der Waals surface area contributed by atoms with Gasteiger partial charge in [0.15, 0.2) is 0 Å². The minimum Gasteiger partial charge on any atom is -0.524 e. The van der Waals surface area contributed by atoms with E-state index in [1.54, 1.807) is 0 Å². The maximum absolute atomic E-state index is 5.83. The summed E-state index contributed by atoms with van der Waals surface area (Å²) in [5.74, 6) is -0.269. The van der Waals surface area contributed by atoms with Crippen molar-refractivity contribution < 1.29 is 9.47 Å². The molecule has 14 heavy (non-hydrogen) atoms. The third-order valence-electron chi connectivity index (χ3n) is 2.93. The van der Waals surface area contributed by atoms with Crippen LogP contribution >= 0.6 is 0 Å². The molecular formula is C10H18LrNO2-. The van der Waals surface area contributed by atoms with E-state index in [1.807, 2.05) is 0 Å². The fourth-order valence-electron chi connectivity index (χ4n) is 1.98. The van der Waals surface area contributed by atoms with Gasteiger partial charge in [-0.1, -0.05) is 0 Å². The van der Waals surface area contributed by atoms with Crippen molar-refractivity contribution in [1.82, 2.24) is 4.90 Å². The van der Waals surface area contributed by atoms with Crippen LogP contribution in [0.2, 0.25) is 0 Å². The van der Waals surface area contributed by atoms with E-state index in [-0.39, 0.29) is 5.79 Å². The first-order valence-corrected chi connectivity index (χ1v) is 5.04. The molecule has 2 rings (SSSR count). The normalized spacial score (nSPS) is 28.7. The van der Waals surface area contributed by atoms with Gasteiger partial charge in [-0.2, -0.15) is 13.0 Å². The van der Waals surface area contributed by atoms with Crippen LogP contribution in [0.4, 0.5) is 0 Å². The van der Waals surface area contributed by atoms with Gasteiger partial charge < -0.3 is 14.4 Å². The summed E-state index contributed by atoms with van der Waals surface area (Å²) in [6.45, 7) is 5.04. The van der Waals surface area contributed by atoms with E-state index in [4.69, 9.17) is 9.47 Å². The van der Waals surface area contributed by atoms with Crippen LogP contribution in [-0.4, -0.2) is 37.4 Å². The summed E-state index contributed by atoms with van der Waals surface area (Å²) in [6, 6.07) is 0. The van der Waals surface area contributed by atoms with Crippen molar-refractivity contribution in [1.29, 1.82) is 0 Å². The monoisotopic (exact) mass is 446 g/mol. The fourth-order valence-corrected chi connectivity index (χ4v) is 1.98. The van der Waals surface area contributed by atoms with Crippen molar-refractivity contribution in [2.24, 2.45) is 0 Å². The zero-order valence-electron chi connectivity index (χ0n) is 8.76. The maximum Gasteiger partial charge on any atom is 0.141 e. The average molecular weight is 446 g/mol. The van der Waals surface area contributed by atoms with Gasteiger partial charge in [-0.25, -0.2) is 0 Å². The van der Waals surface area contributed by atoms with Crippen LogP contribution < -0.4 is 0 Å². The zero-order chi connectivity index (χ0) is 9.31. The van der Waals surface area contributed by atoms with Gasteiger partial charge in [0.05, 0.1) is 0 Å². The Bertz CT molecular complexity index is 181. The average Bonchev–Trinajstić information content (AvgIpc) is 2.11. The smallest absolute Gasteiger partial charge is 0.141 e. The van der Waals surface area contributed by atoms with Crippen LogP contribution in [0.25, 0.3) is 0 Å². The van der Waals surface area contributed by atoms with Gasteiger partial charge in [0.2, 0.25) is 0 Å². The predicted octanol–water partition coefficient (Wildman–Crippen LogP) is 1.40. The Hall–Kier alpha value is -1.12. The summed E-state index contributed by atoms with van der Waals surface area (Å²) in [5, 5.41) is 0. The van der Waals surface area contributed by atoms with Gasteiger partial charge in [0, 0.05) is 32.5 Å². The van der Waals surface area contributed by atoms with Gasteiger partial charge in [0.25, 0.3) is 0 Å². The second-order valence-electron chi connectivity index (χ2n) is 4.12. The molecule has 0 amide bonds. The summed E-state index contributed by atoms with van der Waals surface area (Å²) >= 11 is 0. The molecule has 0 aromatic rings. The number of nitrogens with zero attached hydrogens (tertiary/aromatic N) is 1. The Labute approximate surface area is 80.0 Å². The van der Waals surface area contributed by atoms with Crippen molar-refractivity contribution in [3.8, 4) is 0 Å². The van der Waals surface area contributed by atoms with Gasteiger partial charge in [-0.05, 0) is 7.05 Å². The number of likely N-dealkylation sites (tertiary alicyclic amines) is 1. The Kier molecular flexibility index (Phi) is 3.09. The third-order valence-corrected chi connectivity index (χ3v) is 2.93. The second-order valence-corrected chi connectivity index (χ2v) is 4.12. The topological polar surface area (TPSA) is 21.7 Å². The van der Waals surface area contributed by atoms with Crippen LogP contribution in [0.1, 0.15) is 26.2 Å². The molecule has 0 bridgehead atoms. The summed E-state index contributed by atoms with van der Waals surface area (Å²) in [5.41, 5.74) is 0. The number of hydrogen-bond donors (Lipinski definition) is 0. The first-order valence-electron chi connectivity index (χ1n) is 5.04. The van der Waals surface area contributed by atoms with E-state index in [0.29, 0.717) is 0 Å². The third kappa shape index (κ3) is 2.03. The van der Waals surface area contributed by atoms with Crippen LogP contribution in [0, 0.1) is 6.10 Å². The van der Waals surface area contributed by atoms with Gasteiger partial charge in [-0.15, -0.1) is 6.42 Å². The second kappa shape index (κ2) is 3.95. The molecule has 1 spiro atoms. The van der Waals surface area contributed by atoms with Gasteiger partial charge in [0.1, 0.15) is 5.79 Å². The molecule has 0 atom stereocenters. The Morgan fingerprint density at radius 3 is 2.50 bits per heavy atom. The zero-order valence-corrected chi connectivity index (χ0v) is 10.9. The Morgan fingerprint density at radius 1 is 1.29 bits per heavy atom. The molecular weight excluding hydrogens is 428 g/mol. The molecule has 2 aliphatic rings. The predicted molar refractivity (Wildman–Crippen MR) is 50.0 cm³/mol. The molecule has 0 aromatic carbocycles. The van der Waals surface area contributed by atoms with Crippen molar-refractivity contribution in [3.63, 3.8) is 0 Å². The van der Waals surface area contributed by atoms with E-state index in [1.165, 1.54) is 0 Å². The quantitative estimate of drug-likeness (QED) is 0.526. The molecule has 4 heteroatoms. The van der Waals surface area contributed by atoms with Crippen molar-refractivity contribution in [2.75, 3.05) is 26.7 Å². The molecule has 0 aliphatic carbocycles. The minimum atomic E-state index is -0.269. The molecule has 2 fully saturated rings. The summed E-state index contributed by atoms with van der Waals surface area (Å²) in [6.07, 6.45) is 4.09. The fraction of sp³-hybridized carbons (Fsp3) is 0.900. The van der Waals surface area contributed by atoms with Crippen molar-refractivity contribution in [2.45, 2.75) is 32.0 Å².